The summed E-state index contributed by atoms with van der Waals surface area (Å²) in [5.41, 5.74) is 8.28. The number of anilines is 2. The second-order valence-electron chi connectivity index (χ2n) is 7.32. The minimum absolute atomic E-state index is 0.0233. The number of carbonyl (C=O) groups excluding carboxylic acids is 2. The lowest BCUT2D eigenvalue weighted by Crippen LogP contribution is -2.23. The van der Waals surface area contributed by atoms with Crippen molar-refractivity contribution in [2.75, 3.05) is 10.6 Å². The molecule has 176 valence electrons. The number of carbonyl (C=O) groups is 2. The number of hydrogen-bond donors (Lipinski definition) is 5. The lowest BCUT2D eigenvalue weighted by molar-refractivity contribution is -0.384. The van der Waals surface area contributed by atoms with E-state index in [9.17, 15) is 19.7 Å². The van der Waals surface area contributed by atoms with Gasteiger partial charge in [0.15, 0.2) is 11.1 Å². The zero-order valence-electron chi connectivity index (χ0n) is 18.3. The van der Waals surface area contributed by atoms with Crippen molar-refractivity contribution < 1.29 is 14.5 Å². The van der Waals surface area contributed by atoms with Crippen molar-refractivity contribution in [1.82, 2.24) is 10.3 Å². The quantitative estimate of drug-likeness (QED) is 0.135. The van der Waals surface area contributed by atoms with Crippen molar-refractivity contribution in [3.8, 4) is 0 Å². The monoisotopic (exact) mass is 481 g/mol. The van der Waals surface area contributed by atoms with Crippen LogP contribution in [0.5, 0.6) is 0 Å². The number of nitro groups is 1. The second-order valence-corrected chi connectivity index (χ2v) is 8.32. The number of rotatable bonds is 9. The summed E-state index contributed by atoms with van der Waals surface area (Å²) in [6.07, 6.45) is 1.07. The summed E-state index contributed by atoms with van der Waals surface area (Å²) in [5.74, 6) is -0.778. The molecule has 2 amide bonds. The minimum Gasteiger partial charge on any atom is -0.370 e. The van der Waals surface area contributed by atoms with Gasteiger partial charge < -0.3 is 21.7 Å². The number of nitrogens with two attached hydrogens (primary N) is 1. The predicted octanol–water partition coefficient (Wildman–Crippen LogP) is 3.03. The van der Waals surface area contributed by atoms with Gasteiger partial charge >= 0.3 is 0 Å². The molecular formula is C22H23N7O4S. The van der Waals surface area contributed by atoms with E-state index in [1.54, 1.807) is 24.3 Å². The highest BCUT2D eigenvalue weighted by molar-refractivity contribution is 7.17. The molecule has 1 heterocycles. The summed E-state index contributed by atoms with van der Waals surface area (Å²) in [7, 11) is 0. The third kappa shape index (κ3) is 6.84. The SMILES string of the molecule is CC(=O)Nc1nc(CCc2ccc(NC(=N)N)cc2)c(C(=O)NCc2ccc([N+](=O)[O-])cc2)s1. The van der Waals surface area contributed by atoms with Crippen molar-refractivity contribution in [1.29, 1.82) is 5.41 Å². The molecule has 0 fully saturated rings. The van der Waals surface area contributed by atoms with Crippen LogP contribution in [0.4, 0.5) is 16.5 Å². The van der Waals surface area contributed by atoms with E-state index in [1.165, 1.54) is 19.1 Å². The van der Waals surface area contributed by atoms with Gasteiger partial charge in [0.2, 0.25) is 5.91 Å². The van der Waals surface area contributed by atoms with Crippen LogP contribution in [0.1, 0.15) is 33.4 Å². The maximum Gasteiger partial charge on any atom is 0.269 e. The summed E-state index contributed by atoms with van der Waals surface area (Å²) < 4.78 is 0. The molecule has 0 aliphatic carbocycles. The van der Waals surface area contributed by atoms with Crippen LogP contribution in [0.2, 0.25) is 0 Å². The second kappa shape index (κ2) is 11.0. The average Bonchev–Trinajstić information content (AvgIpc) is 3.19. The first-order valence-corrected chi connectivity index (χ1v) is 11.0. The van der Waals surface area contributed by atoms with Gasteiger partial charge in [0.1, 0.15) is 4.88 Å². The number of benzene rings is 2. The van der Waals surface area contributed by atoms with Crippen LogP contribution in [0.15, 0.2) is 48.5 Å². The summed E-state index contributed by atoms with van der Waals surface area (Å²) in [5, 5.41) is 26.5. The fourth-order valence-corrected chi connectivity index (χ4v) is 4.05. The first-order chi connectivity index (χ1) is 16.2. The van der Waals surface area contributed by atoms with Crippen LogP contribution in [0.25, 0.3) is 0 Å². The Morgan fingerprint density at radius 1 is 1.06 bits per heavy atom. The molecule has 0 unspecified atom stereocenters. The fraction of sp³-hybridized carbons (Fsp3) is 0.182. The van der Waals surface area contributed by atoms with E-state index in [2.05, 4.69) is 20.9 Å². The molecule has 3 rings (SSSR count). The van der Waals surface area contributed by atoms with Gasteiger partial charge in [-0.3, -0.25) is 25.1 Å². The van der Waals surface area contributed by atoms with Crippen molar-refractivity contribution in [3.63, 3.8) is 0 Å². The van der Waals surface area contributed by atoms with E-state index in [0.717, 1.165) is 16.9 Å². The molecule has 0 aliphatic rings. The Morgan fingerprint density at radius 3 is 2.29 bits per heavy atom. The number of nitro benzene ring substituents is 1. The Balaban J connectivity index is 1.69. The van der Waals surface area contributed by atoms with Gasteiger partial charge in [-0.1, -0.05) is 35.6 Å². The summed E-state index contributed by atoms with van der Waals surface area (Å²) in [4.78, 5) is 39.4. The number of aromatic nitrogens is 1. The smallest absolute Gasteiger partial charge is 0.269 e. The number of nitrogens with zero attached hydrogens (tertiary/aromatic N) is 2. The van der Waals surface area contributed by atoms with Crippen LogP contribution < -0.4 is 21.7 Å². The Hall–Kier alpha value is -4.32. The number of nitrogens with one attached hydrogen (secondary N) is 4. The van der Waals surface area contributed by atoms with Crippen molar-refractivity contribution in [2.45, 2.75) is 26.3 Å². The Morgan fingerprint density at radius 2 is 1.71 bits per heavy atom. The zero-order chi connectivity index (χ0) is 24.7. The molecule has 11 nitrogen and oxygen atoms in total. The van der Waals surface area contributed by atoms with Crippen molar-refractivity contribution in [2.24, 2.45) is 5.73 Å². The summed E-state index contributed by atoms with van der Waals surface area (Å²) >= 11 is 1.09. The molecule has 0 spiro atoms. The Labute approximate surface area is 199 Å². The molecule has 0 saturated carbocycles. The van der Waals surface area contributed by atoms with Crippen molar-refractivity contribution >= 4 is 45.6 Å². The van der Waals surface area contributed by atoms with E-state index in [0.29, 0.717) is 39.8 Å². The van der Waals surface area contributed by atoms with Gasteiger partial charge in [-0.25, -0.2) is 4.98 Å². The first-order valence-electron chi connectivity index (χ1n) is 10.2. The normalized spacial score (nSPS) is 10.4. The number of thiazole rings is 1. The molecule has 2 aromatic carbocycles. The lowest BCUT2D eigenvalue weighted by Gasteiger charge is -2.07. The Kier molecular flexibility index (Phi) is 7.88. The number of guanidine groups is 1. The van der Waals surface area contributed by atoms with Gasteiger partial charge in [-0.15, -0.1) is 0 Å². The minimum atomic E-state index is -0.483. The van der Waals surface area contributed by atoms with E-state index in [-0.39, 0.29) is 30.0 Å². The first kappa shape index (κ1) is 24.3. The number of hydrogen-bond acceptors (Lipinski definition) is 7. The van der Waals surface area contributed by atoms with Crippen LogP contribution in [0, 0.1) is 15.5 Å². The van der Waals surface area contributed by atoms with Crippen LogP contribution >= 0.6 is 11.3 Å². The highest BCUT2D eigenvalue weighted by Crippen LogP contribution is 2.25. The molecule has 34 heavy (non-hydrogen) atoms. The number of non-ortho nitro benzene ring substituents is 1. The van der Waals surface area contributed by atoms with Crippen LogP contribution in [-0.2, 0) is 24.2 Å². The molecule has 0 saturated heterocycles. The van der Waals surface area contributed by atoms with E-state index in [1.807, 2.05) is 12.1 Å². The molecule has 0 bridgehead atoms. The fourth-order valence-electron chi connectivity index (χ4n) is 3.07. The Bertz CT molecular complexity index is 1210. The van der Waals surface area contributed by atoms with Gasteiger partial charge in [0.25, 0.3) is 11.6 Å². The third-order valence-electron chi connectivity index (χ3n) is 4.67. The topological polar surface area (TPSA) is 176 Å². The predicted molar refractivity (Wildman–Crippen MR) is 130 cm³/mol. The molecule has 6 N–H and O–H groups in total. The molecule has 1 aromatic heterocycles. The number of aryl methyl sites for hydroxylation is 2. The van der Waals surface area contributed by atoms with Gasteiger partial charge in [0, 0.05) is 31.3 Å². The van der Waals surface area contributed by atoms with E-state index in [4.69, 9.17) is 11.1 Å². The summed E-state index contributed by atoms with van der Waals surface area (Å²) in [6.45, 7) is 1.56. The molecule has 0 atom stereocenters. The molecule has 0 radical (unpaired) electrons. The van der Waals surface area contributed by atoms with Crippen molar-refractivity contribution in [3.05, 3.63) is 80.3 Å². The molecule has 12 heteroatoms. The van der Waals surface area contributed by atoms with Gasteiger partial charge in [-0.05, 0) is 36.1 Å². The largest absolute Gasteiger partial charge is 0.370 e. The number of amides is 2. The maximum absolute atomic E-state index is 12.9. The molecule has 3 aromatic rings. The molecule has 0 aliphatic heterocycles. The highest BCUT2D eigenvalue weighted by atomic mass is 32.1. The third-order valence-corrected chi connectivity index (χ3v) is 5.68. The highest BCUT2D eigenvalue weighted by Gasteiger charge is 2.19. The zero-order valence-corrected chi connectivity index (χ0v) is 19.1. The maximum atomic E-state index is 12.9. The summed E-state index contributed by atoms with van der Waals surface area (Å²) in [6, 6.07) is 13.3. The van der Waals surface area contributed by atoms with Crippen LogP contribution in [-0.4, -0.2) is 27.7 Å². The lowest BCUT2D eigenvalue weighted by atomic mass is 10.1. The average molecular weight is 482 g/mol. The van der Waals surface area contributed by atoms with Crippen LogP contribution in [0.3, 0.4) is 0 Å². The van der Waals surface area contributed by atoms with Gasteiger partial charge in [0.05, 0.1) is 10.6 Å². The van der Waals surface area contributed by atoms with E-state index < -0.39 is 4.92 Å². The van der Waals surface area contributed by atoms with E-state index >= 15 is 0 Å². The van der Waals surface area contributed by atoms with Gasteiger partial charge in [-0.2, -0.15) is 0 Å². The molecular weight excluding hydrogens is 458 g/mol. The standard InChI is InChI=1S/C22H23N7O4S/c1-13(30)26-22-28-18(11-6-14-2-7-16(8-3-14)27-21(23)24)19(34-22)20(31)25-12-15-4-9-17(10-5-15)29(32)33/h2-5,7-10H,6,11-12H2,1H3,(H,25,31)(H4,23,24,27)(H,26,28,30).